The van der Waals surface area contributed by atoms with Gasteiger partial charge in [0.2, 0.25) is 0 Å². The van der Waals surface area contributed by atoms with Crippen LogP contribution in [0.25, 0.3) is 0 Å². The van der Waals surface area contributed by atoms with Crippen LogP contribution in [-0.2, 0) is 23.7 Å². The molecule has 0 aliphatic carbocycles. The number of rotatable bonds is 17. The molecule has 0 aromatic heterocycles. The van der Waals surface area contributed by atoms with Gasteiger partial charge in [-0.15, -0.1) is 0 Å². The lowest BCUT2D eigenvalue weighted by Gasteiger charge is -2.16. The third-order valence-corrected chi connectivity index (χ3v) is 5.23. The fourth-order valence-corrected chi connectivity index (χ4v) is 3.59. The number of methoxy groups -OCH3 is 1. The molecule has 0 bridgehead atoms. The van der Waals surface area contributed by atoms with E-state index in [9.17, 15) is 4.79 Å². The van der Waals surface area contributed by atoms with E-state index < -0.39 is 6.48 Å². The van der Waals surface area contributed by atoms with Crippen molar-refractivity contribution in [2.24, 2.45) is 0 Å². The summed E-state index contributed by atoms with van der Waals surface area (Å²) in [6, 6.07) is 0. The van der Waals surface area contributed by atoms with Gasteiger partial charge < -0.3 is 18.9 Å². The van der Waals surface area contributed by atoms with E-state index in [0.29, 0.717) is 13.0 Å². The van der Waals surface area contributed by atoms with Crippen molar-refractivity contribution >= 4 is 5.97 Å². The number of hydrogen-bond acceptors (Lipinski definition) is 5. The second kappa shape index (κ2) is 16.3. The van der Waals surface area contributed by atoms with E-state index >= 15 is 0 Å². The molecule has 27 heavy (non-hydrogen) atoms. The second-order valence-corrected chi connectivity index (χ2v) is 7.53. The number of esters is 1. The van der Waals surface area contributed by atoms with Crippen molar-refractivity contribution in [1.29, 1.82) is 0 Å². The average Bonchev–Trinajstić information content (AvgIpc) is 3.05. The highest BCUT2D eigenvalue weighted by Gasteiger charge is 2.35. The molecule has 0 aromatic rings. The SMILES string of the molecule is CCCCCCCCC1OC(OCC)OC1CCCCCCCC(=O)OC. The van der Waals surface area contributed by atoms with E-state index in [1.807, 2.05) is 6.92 Å². The first-order valence-electron chi connectivity index (χ1n) is 11.2. The van der Waals surface area contributed by atoms with Gasteiger partial charge in [-0.25, -0.2) is 0 Å². The van der Waals surface area contributed by atoms with Crippen molar-refractivity contribution in [3.8, 4) is 0 Å². The molecule has 0 N–H and O–H groups in total. The molecule has 160 valence electrons. The molecule has 3 unspecified atom stereocenters. The van der Waals surface area contributed by atoms with Crippen molar-refractivity contribution in [3.63, 3.8) is 0 Å². The summed E-state index contributed by atoms with van der Waals surface area (Å²) >= 11 is 0. The number of ether oxygens (including phenoxy) is 4. The van der Waals surface area contributed by atoms with E-state index in [-0.39, 0.29) is 18.2 Å². The molecule has 0 spiro atoms. The summed E-state index contributed by atoms with van der Waals surface area (Å²) in [6.45, 7) is 4.35. The fraction of sp³-hybridized carbons (Fsp3) is 0.955. The van der Waals surface area contributed by atoms with Crippen LogP contribution in [0.2, 0.25) is 0 Å². The Morgan fingerprint density at radius 3 is 1.81 bits per heavy atom. The Labute approximate surface area is 166 Å². The van der Waals surface area contributed by atoms with Crippen LogP contribution in [0.1, 0.15) is 104 Å². The lowest BCUT2D eigenvalue weighted by molar-refractivity contribution is -0.240. The Morgan fingerprint density at radius 1 is 0.778 bits per heavy atom. The average molecular weight is 387 g/mol. The molecule has 1 rings (SSSR count). The van der Waals surface area contributed by atoms with Crippen molar-refractivity contribution in [2.45, 2.75) is 122 Å². The first-order valence-corrected chi connectivity index (χ1v) is 11.2. The Balaban J connectivity index is 2.16. The summed E-state index contributed by atoms with van der Waals surface area (Å²) in [5, 5.41) is 0. The molecule has 5 heteroatoms. The molecule has 0 saturated carbocycles. The number of unbranched alkanes of at least 4 members (excludes halogenated alkanes) is 9. The Kier molecular flexibility index (Phi) is 14.7. The minimum Gasteiger partial charge on any atom is -0.469 e. The predicted octanol–water partition coefficient (Wildman–Crippen LogP) is 5.74. The molecule has 1 saturated heterocycles. The van der Waals surface area contributed by atoms with Crippen molar-refractivity contribution < 1.29 is 23.7 Å². The van der Waals surface area contributed by atoms with Crippen LogP contribution in [0.4, 0.5) is 0 Å². The number of carbonyl (C=O) groups is 1. The number of carbonyl (C=O) groups excluding carboxylic acids is 1. The van der Waals surface area contributed by atoms with Crippen LogP contribution in [-0.4, -0.2) is 38.4 Å². The van der Waals surface area contributed by atoms with Crippen LogP contribution in [0, 0.1) is 0 Å². The molecule has 0 amide bonds. The summed E-state index contributed by atoms with van der Waals surface area (Å²) in [4.78, 5) is 11.1. The van der Waals surface area contributed by atoms with Crippen LogP contribution >= 0.6 is 0 Å². The molecule has 1 aliphatic heterocycles. The van der Waals surface area contributed by atoms with E-state index in [4.69, 9.17) is 14.2 Å². The first kappa shape index (κ1) is 24.4. The molecule has 1 fully saturated rings. The Bertz CT molecular complexity index is 361. The van der Waals surface area contributed by atoms with Gasteiger partial charge in [0.05, 0.1) is 19.3 Å². The third kappa shape index (κ3) is 11.7. The van der Waals surface area contributed by atoms with Crippen molar-refractivity contribution in [2.75, 3.05) is 13.7 Å². The maximum Gasteiger partial charge on any atom is 0.305 e. The van der Waals surface area contributed by atoms with Crippen LogP contribution in [0.3, 0.4) is 0 Å². The van der Waals surface area contributed by atoms with E-state index in [2.05, 4.69) is 11.7 Å². The summed E-state index contributed by atoms with van der Waals surface area (Å²) in [5.41, 5.74) is 0. The topological polar surface area (TPSA) is 54.0 Å². The van der Waals surface area contributed by atoms with Gasteiger partial charge in [-0.1, -0.05) is 71.1 Å². The van der Waals surface area contributed by atoms with E-state index in [1.54, 1.807) is 0 Å². The van der Waals surface area contributed by atoms with Gasteiger partial charge in [-0.3, -0.25) is 4.79 Å². The summed E-state index contributed by atoms with van der Waals surface area (Å²) < 4.78 is 22.2. The van der Waals surface area contributed by atoms with E-state index in [0.717, 1.165) is 38.5 Å². The van der Waals surface area contributed by atoms with Gasteiger partial charge in [-0.2, -0.15) is 0 Å². The Morgan fingerprint density at radius 2 is 1.30 bits per heavy atom. The molecular formula is C22H42O5. The maximum absolute atomic E-state index is 11.1. The molecule has 0 aromatic carbocycles. The first-order chi connectivity index (χ1) is 13.2. The normalized spacial score (nSPS) is 22.3. The zero-order valence-corrected chi connectivity index (χ0v) is 17.9. The molecule has 3 atom stereocenters. The van der Waals surface area contributed by atoms with Gasteiger partial charge in [-0.05, 0) is 26.2 Å². The quantitative estimate of drug-likeness (QED) is 0.235. The summed E-state index contributed by atoms with van der Waals surface area (Å²) in [5.74, 6) is -0.106. The second-order valence-electron chi connectivity index (χ2n) is 7.53. The number of hydrogen-bond donors (Lipinski definition) is 0. The standard InChI is InChI=1S/C22H42O5/c1-4-6-7-8-10-13-16-19-20(27-22(26-19)25-5-2)17-14-11-9-12-15-18-21(23)24-3/h19-20,22H,4-18H2,1-3H3. The summed E-state index contributed by atoms with van der Waals surface area (Å²) in [6.07, 6.45) is 16.2. The fourth-order valence-electron chi connectivity index (χ4n) is 3.59. The molecule has 0 radical (unpaired) electrons. The predicted molar refractivity (Wildman–Crippen MR) is 107 cm³/mol. The highest BCUT2D eigenvalue weighted by molar-refractivity contribution is 5.68. The summed E-state index contributed by atoms with van der Waals surface area (Å²) in [7, 11) is 1.45. The molecule has 1 aliphatic rings. The van der Waals surface area contributed by atoms with Crippen molar-refractivity contribution in [3.05, 3.63) is 0 Å². The highest BCUT2D eigenvalue weighted by Crippen LogP contribution is 2.28. The monoisotopic (exact) mass is 386 g/mol. The van der Waals surface area contributed by atoms with Crippen LogP contribution < -0.4 is 0 Å². The van der Waals surface area contributed by atoms with Gasteiger partial charge in [0.25, 0.3) is 6.48 Å². The van der Waals surface area contributed by atoms with E-state index in [1.165, 1.54) is 52.1 Å². The highest BCUT2D eigenvalue weighted by atomic mass is 16.9. The maximum atomic E-state index is 11.1. The Hall–Kier alpha value is -0.650. The van der Waals surface area contributed by atoms with Crippen LogP contribution in [0.15, 0.2) is 0 Å². The zero-order chi connectivity index (χ0) is 19.7. The van der Waals surface area contributed by atoms with Gasteiger partial charge in [0.1, 0.15) is 0 Å². The molecular weight excluding hydrogens is 344 g/mol. The van der Waals surface area contributed by atoms with Gasteiger partial charge >= 0.3 is 5.97 Å². The molecule has 1 heterocycles. The third-order valence-electron chi connectivity index (χ3n) is 5.23. The smallest absolute Gasteiger partial charge is 0.305 e. The lowest BCUT2D eigenvalue weighted by Crippen LogP contribution is -2.22. The largest absolute Gasteiger partial charge is 0.469 e. The van der Waals surface area contributed by atoms with Gasteiger partial charge in [0, 0.05) is 13.0 Å². The van der Waals surface area contributed by atoms with Gasteiger partial charge in [0.15, 0.2) is 0 Å². The minimum absolute atomic E-state index is 0.106. The van der Waals surface area contributed by atoms with Crippen molar-refractivity contribution in [1.82, 2.24) is 0 Å². The van der Waals surface area contributed by atoms with Crippen LogP contribution in [0.5, 0.6) is 0 Å². The minimum atomic E-state index is -0.481. The zero-order valence-electron chi connectivity index (χ0n) is 17.9. The molecule has 5 nitrogen and oxygen atoms in total. The lowest BCUT2D eigenvalue weighted by atomic mass is 9.99.